The third-order valence-corrected chi connectivity index (χ3v) is 2.41. The third-order valence-electron chi connectivity index (χ3n) is 2.41. The summed E-state index contributed by atoms with van der Waals surface area (Å²) >= 11 is 0. The molecular weight excluding hydrogens is 234 g/mol. The van der Waals surface area contributed by atoms with Gasteiger partial charge in [-0.1, -0.05) is 0 Å². The van der Waals surface area contributed by atoms with Crippen LogP contribution in [-0.4, -0.2) is 5.97 Å². The van der Waals surface area contributed by atoms with Crippen molar-refractivity contribution in [3.05, 3.63) is 39.7 Å². The summed E-state index contributed by atoms with van der Waals surface area (Å²) in [6.45, 7) is 2.82. The molecule has 0 aliphatic heterocycles. The number of ether oxygens (including phenoxy) is 1. The lowest BCUT2D eigenvalue weighted by Gasteiger charge is -2.04. The minimum absolute atomic E-state index is 0.0114. The molecule has 0 fully saturated rings. The Balaban J connectivity index is 2.70. The number of aryl methyl sites for hydroxylation is 1. The van der Waals surface area contributed by atoms with E-state index in [1.54, 1.807) is 0 Å². The number of carbonyl (C=O) groups is 1. The SMILES string of the molecule is CC(=O)Oc1ccc2c(=O)c(C#N)c(C)oc2c1. The van der Waals surface area contributed by atoms with Gasteiger partial charge in [-0.3, -0.25) is 9.59 Å². The number of nitrogens with zero attached hydrogens (tertiary/aromatic N) is 1. The molecule has 2 rings (SSSR count). The lowest BCUT2D eigenvalue weighted by atomic mass is 10.1. The first kappa shape index (κ1) is 11.9. The molecule has 0 aliphatic rings. The topological polar surface area (TPSA) is 80.3 Å². The second-order valence-corrected chi connectivity index (χ2v) is 3.73. The Labute approximate surface area is 102 Å². The van der Waals surface area contributed by atoms with Gasteiger partial charge in [-0.25, -0.2) is 0 Å². The number of benzene rings is 1. The summed E-state index contributed by atoms with van der Waals surface area (Å²) in [6.07, 6.45) is 0. The van der Waals surface area contributed by atoms with E-state index in [-0.39, 0.29) is 27.7 Å². The van der Waals surface area contributed by atoms with Gasteiger partial charge in [0.25, 0.3) is 0 Å². The van der Waals surface area contributed by atoms with Gasteiger partial charge in [-0.2, -0.15) is 5.26 Å². The maximum absolute atomic E-state index is 11.9. The molecule has 0 saturated carbocycles. The molecule has 1 heterocycles. The van der Waals surface area contributed by atoms with Crippen LogP contribution in [0.3, 0.4) is 0 Å². The van der Waals surface area contributed by atoms with Crippen molar-refractivity contribution in [2.75, 3.05) is 0 Å². The molecule has 0 saturated heterocycles. The quantitative estimate of drug-likeness (QED) is 0.564. The normalized spacial score (nSPS) is 10.1. The van der Waals surface area contributed by atoms with E-state index in [9.17, 15) is 9.59 Å². The standard InChI is InChI=1S/C13H9NO4/c1-7-11(6-14)13(16)10-4-3-9(18-8(2)15)5-12(10)17-7/h3-5H,1-2H3. The van der Waals surface area contributed by atoms with Crippen LogP contribution in [0.15, 0.2) is 27.4 Å². The predicted molar refractivity (Wildman–Crippen MR) is 63.2 cm³/mol. The van der Waals surface area contributed by atoms with Crippen LogP contribution in [0.25, 0.3) is 11.0 Å². The first-order valence-electron chi connectivity index (χ1n) is 5.19. The van der Waals surface area contributed by atoms with Crippen LogP contribution in [0.5, 0.6) is 5.75 Å². The van der Waals surface area contributed by atoms with E-state index in [0.29, 0.717) is 5.75 Å². The highest BCUT2D eigenvalue weighted by atomic mass is 16.5. The van der Waals surface area contributed by atoms with Gasteiger partial charge in [-0.05, 0) is 19.1 Å². The molecular formula is C13H9NO4. The second kappa shape index (κ2) is 4.34. The van der Waals surface area contributed by atoms with Gasteiger partial charge in [0.15, 0.2) is 0 Å². The van der Waals surface area contributed by atoms with Crippen LogP contribution >= 0.6 is 0 Å². The van der Waals surface area contributed by atoms with Gasteiger partial charge in [0, 0.05) is 13.0 Å². The van der Waals surface area contributed by atoms with Crippen molar-refractivity contribution in [1.29, 1.82) is 5.26 Å². The number of hydrogen-bond acceptors (Lipinski definition) is 5. The zero-order valence-electron chi connectivity index (χ0n) is 9.81. The van der Waals surface area contributed by atoms with E-state index in [2.05, 4.69) is 0 Å². The van der Waals surface area contributed by atoms with Crippen LogP contribution in [-0.2, 0) is 4.79 Å². The Morgan fingerprint density at radius 2 is 2.17 bits per heavy atom. The Kier molecular flexibility index (Phi) is 2.86. The molecule has 0 spiro atoms. The van der Waals surface area contributed by atoms with Gasteiger partial charge in [0.2, 0.25) is 5.43 Å². The molecule has 90 valence electrons. The van der Waals surface area contributed by atoms with Gasteiger partial charge in [0.1, 0.15) is 28.7 Å². The molecule has 0 amide bonds. The van der Waals surface area contributed by atoms with Gasteiger partial charge >= 0.3 is 5.97 Å². The first-order chi connectivity index (χ1) is 8.52. The third kappa shape index (κ3) is 1.96. The number of esters is 1. The Hall–Kier alpha value is -2.61. The predicted octanol–water partition coefficient (Wildman–Crippen LogP) is 1.90. The van der Waals surface area contributed by atoms with E-state index in [0.717, 1.165) is 0 Å². The molecule has 1 aromatic heterocycles. The van der Waals surface area contributed by atoms with E-state index >= 15 is 0 Å². The molecule has 0 bridgehead atoms. The molecule has 0 N–H and O–H groups in total. The lowest BCUT2D eigenvalue weighted by Crippen LogP contribution is -2.08. The average molecular weight is 243 g/mol. The van der Waals surface area contributed by atoms with E-state index in [1.807, 2.05) is 6.07 Å². The Morgan fingerprint density at radius 1 is 1.44 bits per heavy atom. The minimum Gasteiger partial charge on any atom is -0.460 e. The smallest absolute Gasteiger partial charge is 0.308 e. The number of carbonyl (C=O) groups excluding carboxylic acids is 1. The Bertz CT molecular complexity index is 737. The van der Waals surface area contributed by atoms with E-state index < -0.39 is 5.97 Å². The fourth-order valence-electron chi connectivity index (χ4n) is 1.64. The molecule has 0 aliphatic carbocycles. The van der Waals surface area contributed by atoms with Crippen LogP contribution in [0, 0.1) is 18.3 Å². The summed E-state index contributed by atoms with van der Waals surface area (Å²) in [7, 11) is 0. The van der Waals surface area contributed by atoms with Gasteiger partial charge in [0.05, 0.1) is 5.39 Å². The van der Waals surface area contributed by atoms with Crippen molar-refractivity contribution in [2.24, 2.45) is 0 Å². The van der Waals surface area contributed by atoms with Crippen LogP contribution in [0.2, 0.25) is 0 Å². The number of nitriles is 1. The summed E-state index contributed by atoms with van der Waals surface area (Å²) in [5, 5.41) is 9.14. The Morgan fingerprint density at radius 3 is 2.78 bits per heavy atom. The molecule has 5 nitrogen and oxygen atoms in total. The van der Waals surface area contributed by atoms with E-state index in [1.165, 1.54) is 32.0 Å². The molecule has 1 aromatic carbocycles. The number of rotatable bonds is 1. The fraction of sp³-hybridized carbons (Fsp3) is 0.154. The fourth-order valence-corrected chi connectivity index (χ4v) is 1.64. The number of hydrogen-bond donors (Lipinski definition) is 0. The molecule has 2 aromatic rings. The first-order valence-corrected chi connectivity index (χ1v) is 5.19. The van der Waals surface area contributed by atoms with Crippen molar-refractivity contribution >= 4 is 16.9 Å². The van der Waals surface area contributed by atoms with Crippen LogP contribution < -0.4 is 10.2 Å². The monoisotopic (exact) mass is 243 g/mol. The van der Waals surface area contributed by atoms with Crippen molar-refractivity contribution < 1.29 is 13.9 Å². The van der Waals surface area contributed by atoms with Crippen LogP contribution in [0.1, 0.15) is 18.2 Å². The largest absolute Gasteiger partial charge is 0.460 e. The minimum atomic E-state index is -0.456. The highest BCUT2D eigenvalue weighted by molar-refractivity contribution is 5.80. The van der Waals surface area contributed by atoms with Gasteiger partial charge < -0.3 is 9.15 Å². The zero-order chi connectivity index (χ0) is 13.3. The van der Waals surface area contributed by atoms with Crippen LogP contribution in [0.4, 0.5) is 0 Å². The van der Waals surface area contributed by atoms with Gasteiger partial charge in [-0.15, -0.1) is 0 Å². The molecule has 5 heteroatoms. The maximum Gasteiger partial charge on any atom is 0.308 e. The van der Waals surface area contributed by atoms with Crippen molar-refractivity contribution in [1.82, 2.24) is 0 Å². The molecule has 0 radical (unpaired) electrons. The summed E-state index contributed by atoms with van der Waals surface area (Å²) in [4.78, 5) is 22.7. The summed E-state index contributed by atoms with van der Waals surface area (Å²) < 4.78 is 10.3. The van der Waals surface area contributed by atoms with Crippen molar-refractivity contribution in [3.8, 4) is 11.8 Å². The summed E-state index contributed by atoms with van der Waals surface area (Å²) in [6, 6.07) is 6.22. The lowest BCUT2D eigenvalue weighted by molar-refractivity contribution is -0.131. The number of fused-ring (bicyclic) bond motifs is 1. The molecule has 0 unspecified atom stereocenters. The highest BCUT2D eigenvalue weighted by Gasteiger charge is 2.11. The maximum atomic E-state index is 11.9. The van der Waals surface area contributed by atoms with Crippen molar-refractivity contribution in [2.45, 2.75) is 13.8 Å². The summed E-state index contributed by atoms with van der Waals surface area (Å²) in [5.41, 5.74) is -0.108. The molecule has 0 atom stereocenters. The average Bonchev–Trinajstić information content (AvgIpc) is 2.28. The molecule has 18 heavy (non-hydrogen) atoms. The van der Waals surface area contributed by atoms with Crippen molar-refractivity contribution in [3.63, 3.8) is 0 Å². The van der Waals surface area contributed by atoms with E-state index in [4.69, 9.17) is 14.4 Å². The highest BCUT2D eigenvalue weighted by Crippen LogP contribution is 2.21. The zero-order valence-corrected chi connectivity index (χ0v) is 9.81. The summed E-state index contributed by atoms with van der Waals surface area (Å²) in [5.74, 6) is 0.0827. The second-order valence-electron chi connectivity index (χ2n) is 3.73.